The fraction of sp³-hybridized carbons (Fsp3) is 0.862. The Morgan fingerprint density at radius 2 is 1.33 bits per heavy atom. The van der Waals surface area contributed by atoms with Crippen molar-refractivity contribution in [3.8, 4) is 0 Å². The molecule has 17 heteroatoms. The number of alkyl carbamates (subject to hydrolysis) is 3. The van der Waals surface area contributed by atoms with Gasteiger partial charge in [0.25, 0.3) is 0 Å². The SMILES string of the molecule is CC(C)(C)OC(=O)NC[C@@H](CCCCC[C@H](NC(=O)OC(C)(C)C)C(=O)NCCOCSOCCN=[N+]=[N-])NC(=O)OC(C)(C)C. The number of amides is 4. The van der Waals surface area contributed by atoms with Gasteiger partial charge in [0.1, 0.15) is 28.8 Å². The number of hydrogen-bond acceptors (Lipinski definition) is 11. The van der Waals surface area contributed by atoms with E-state index in [1.165, 1.54) is 0 Å². The predicted octanol–water partition coefficient (Wildman–Crippen LogP) is 5.31. The van der Waals surface area contributed by atoms with Crippen LogP contribution in [0.5, 0.6) is 0 Å². The summed E-state index contributed by atoms with van der Waals surface area (Å²) < 4.78 is 26.6. The van der Waals surface area contributed by atoms with E-state index in [0.717, 1.165) is 12.0 Å². The van der Waals surface area contributed by atoms with Crippen LogP contribution in [0.25, 0.3) is 10.4 Å². The van der Waals surface area contributed by atoms with Gasteiger partial charge in [-0.3, -0.25) is 4.79 Å². The molecule has 0 saturated carbocycles. The van der Waals surface area contributed by atoms with Gasteiger partial charge in [0.05, 0.1) is 19.8 Å². The van der Waals surface area contributed by atoms with Gasteiger partial charge >= 0.3 is 18.3 Å². The van der Waals surface area contributed by atoms with Gasteiger partial charge in [0.15, 0.2) is 0 Å². The highest BCUT2D eigenvalue weighted by Gasteiger charge is 2.25. The zero-order valence-corrected chi connectivity index (χ0v) is 29.7. The normalized spacial score (nSPS) is 13.0. The lowest BCUT2D eigenvalue weighted by atomic mass is 10.0. The van der Waals surface area contributed by atoms with Crippen molar-refractivity contribution in [2.45, 2.75) is 123 Å². The molecule has 0 aliphatic heterocycles. The van der Waals surface area contributed by atoms with Crippen molar-refractivity contribution in [3.63, 3.8) is 0 Å². The van der Waals surface area contributed by atoms with Crippen LogP contribution in [-0.2, 0) is 27.9 Å². The van der Waals surface area contributed by atoms with Gasteiger partial charge in [-0.25, -0.2) is 14.4 Å². The van der Waals surface area contributed by atoms with E-state index < -0.39 is 47.2 Å². The van der Waals surface area contributed by atoms with Gasteiger partial charge in [-0.05, 0) is 80.7 Å². The number of nitrogens with one attached hydrogen (secondary N) is 4. The van der Waals surface area contributed by atoms with Crippen LogP contribution < -0.4 is 21.3 Å². The Morgan fingerprint density at radius 1 is 0.761 bits per heavy atom. The molecule has 2 atom stereocenters. The van der Waals surface area contributed by atoms with Gasteiger partial charge < -0.3 is 44.4 Å². The molecule has 0 heterocycles. The van der Waals surface area contributed by atoms with Gasteiger partial charge in [0, 0.05) is 36.1 Å². The van der Waals surface area contributed by atoms with E-state index in [9.17, 15) is 19.2 Å². The van der Waals surface area contributed by atoms with Crippen LogP contribution >= 0.6 is 12.0 Å². The summed E-state index contributed by atoms with van der Waals surface area (Å²) in [4.78, 5) is 52.5. The van der Waals surface area contributed by atoms with Crippen LogP contribution in [-0.4, -0.2) is 91.9 Å². The van der Waals surface area contributed by atoms with E-state index in [1.807, 2.05) is 0 Å². The van der Waals surface area contributed by atoms with Gasteiger partial charge in [-0.2, -0.15) is 0 Å². The molecule has 0 saturated heterocycles. The maximum Gasteiger partial charge on any atom is 0.408 e. The molecule has 16 nitrogen and oxygen atoms in total. The molecule has 0 aromatic rings. The lowest BCUT2D eigenvalue weighted by Crippen LogP contribution is -2.48. The van der Waals surface area contributed by atoms with Gasteiger partial charge in [-0.15, -0.1) is 0 Å². The highest BCUT2D eigenvalue weighted by atomic mass is 32.2. The molecule has 0 aliphatic rings. The largest absolute Gasteiger partial charge is 0.444 e. The molecule has 0 fully saturated rings. The van der Waals surface area contributed by atoms with E-state index in [0.29, 0.717) is 32.1 Å². The van der Waals surface area contributed by atoms with E-state index in [4.69, 9.17) is 28.7 Å². The minimum atomic E-state index is -0.835. The number of carbonyl (C=O) groups is 4. The van der Waals surface area contributed by atoms with Crippen molar-refractivity contribution in [2.24, 2.45) is 5.11 Å². The Bertz CT molecular complexity index is 976. The average molecular weight is 678 g/mol. The number of rotatable bonds is 20. The Balaban J connectivity index is 4.94. The van der Waals surface area contributed by atoms with Crippen molar-refractivity contribution >= 4 is 36.2 Å². The first-order valence-electron chi connectivity index (χ1n) is 15.4. The van der Waals surface area contributed by atoms with Crippen molar-refractivity contribution < 1.29 is 42.3 Å². The second-order valence-electron chi connectivity index (χ2n) is 13.3. The van der Waals surface area contributed by atoms with Crippen LogP contribution in [0.1, 0.15) is 94.4 Å². The summed E-state index contributed by atoms with van der Waals surface area (Å²) in [5.74, 6) is -0.151. The summed E-state index contributed by atoms with van der Waals surface area (Å²) in [5.41, 5.74) is 6.15. The molecule has 46 heavy (non-hydrogen) atoms. The van der Waals surface area contributed by atoms with Crippen molar-refractivity contribution in [1.82, 2.24) is 21.3 Å². The Hall–Kier alpha value is -3.14. The smallest absolute Gasteiger partial charge is 0.408 e. The van der Waals surface area contributed by atoms with E-state index in [1.54, 1.807) is 62.3 Å². The van der Waals surface area contributed by atoms with Crippen molar-refractivity contribution in [3.05, 3.63) is 10.4 Å². The molecule has 266 valence electrons. The van der Waals surface area contributed by atoms with Crippen LogP contribution in [0, 0.1) is 0 Å². The molecule has 0 aliphatic carbocycles. The van der Waals surface area contributed by atoms with Crippen molar-refractivity contribution in [2.75, 3.05) is 38.8 Å². The van der Waals surface area contributed by atoms with Crippen LogP contribution in [0.3, 0.4) is 0 Å². The number of hydrogen-bond donors (Lipinski definition) is 4. The molecule has 0 unspecified atom stereocenters. The number of nitrogens with zero attached hydrogens (tertiary/aromatic N) is 3. The fourth-order valence-electron chi connectivity index (χ4n) is 3.53. The molecule has 0 aromatic heterocycles. The zero-order chi connectivity index (χ0) is 35.2. The van der Waals surface area contributed by atoms with Gasteiger partial charge in [0.2, 0.25) is 5.91 Å². The van der Waals surface area contributed by atoms with Crippen molar-refractivity contribution in [1.29, 1.82) is 0 Å². The van der Waals surface area contributed by atoms with Crippen LogP contribution in [0.2, 0.25) is 0 Å². The number of carbonyl (C=O) groups excluding carboxylic acids is 4. The monoisotopic (exact) mass is 677 g/mol. The molecule has 0 rings (SSSR count). The van der Waals surface area contributed by atoms with E-state index in [-0.39, 0.29) is 44.7 Å². The highest BCUT2D eigenvalue weighted by molar-refractivity contribution is 7.94. The molecule has 4 amide bonds. The first-order valence-corrected chi connectivity index (χ1v) is 16.3. The molecule has 0 aromatic carbocycles. The average Bonchev–Trinajstić information content (AvgIpc) is 2.88. The third kappa shape index (κ3) is 27.2. The maximum atomic E-state index is 12.9. The fourth-order valence-corrected chi connectivity index (χ4v) is 3.98. The quantitative estimate of drug-likeness (QED) is 0.0248. The molecular weight excluding hydrogens is 622 g/mol. The Labute approximate surface area is 277 Å². The highest BCUT2D eigenvalue weighted by Crippen LogP contribution is 2.13. The lowest BCUT2D eigenvalue weighted by molar-refractivity contribution is -0.123. The Kier molecular flexibility index (Phi) is 20.9. The first-order chi connectivity index (χ1) is 21.3. The summed E-state index contributed by atoms with van der Waals surface area (Å²) in [6.07, 6.45) is 0.914. The summed E-state index contributed by atoms with van der Waals surface area (Å²) in [6, 6.07) is -1.26. The minimum absolute atomic E-state index is 0.141. The predicted molar refractivity (Wildman–Crippen MR) is 175 cm³/mol. The minimum Gasteiger partial charge on any atom is -0.444 e. The molecule has 0 radical (unpaired) electrons. The number of ether oxygens (including phenoxy) is 4. The van der Waals surface area contributed by atoms with Crippen LogP contribution in [0.15, 0.2) is 5.11 Å². The summed E-state index contributed by atoms with van der Waals surface area (Å²) >= 11 is 1.06. The second kappa shape index (κ2) is 22.4. The zero-order valence-electron chi connectivity index (χ0n) is 28.9. The summed E-state index contributed by atoms with van der Waals surface area (Å²) in [5, 5.41) is 14.3. The summed E-state index contributed by atoms with van der Waals surface area (Å²) in [6.45, 7) is 16.8. The molecular formula is C29H55N7O9S. The molecule has 0 bridgehead atoms. The number of azide groups is 1. The topological polar surface area (TPSA) is 211 Å². The third-order valence-corrected chi connectivity index (χ3v) is 5.86. The van der Waals surface area contributed by atoms with Gasteiger partial charge in [-0.1, -0.05) is 24.4 Å². The Morgan fingerprint density at radius 3 is 1.91 bits per heavy atom. The summed E-state index contributed by atoms with van der Waals surface area (Å²) in [7, 11) is 0. The van der Waals surface area contributed by atoms with E-state index >= 15 is 0 Å². The second-order valence-corrected chi connectivity index (χ2v) is 14.0. The number of unbranched alkanes of at least 4 members (excludes halogenated alkanes) is 2. The third-order valence-electron chi connectivity index (χ3n) is 5.26. The van der Waals surface area contributed by atoms with E-state index in [2.05, 4.69) is 31.3 Å². The maximum absolute atomic E-state index is 12.9. The first kappa shape index (κ1) is 42.9. The van der Waals surface area contributed by atoms with Crippen LogP contribution in [0.4, 0.5) is 14.4 Å². The molecule has 4 N–H and O–H groups in total. The molecule has 0 spiro atoms. The lowest BCUT2D eigenvalue weighted by Gasteiger charge is -2.25. The standard InChI is InChI=1S/C29H55N7O9S/c1-27(2,3)43-24(38)32-19-21(34-25(39)44-28(4,5)6)13-11-10-12-14-22(35-26(40)45-29(7,8)9)23(37)31-15-17-41-20-46-42-18-16-33-36-30/h21-22H,10-20H2,1-9H3,(H,31,37)(H,32,38)(H,34,39)(H,35,40)/t21-,22+/m1/s1.